The van der Waals surface area contributed by atoms with Gasteiger partial charge in [0, 0.05) is 31.3 Å². The summed E-state index contributed by atoms with van der Waals surface area (Å²) in [7, 11) is 1.59. The molecule has 2 rings (SSSR count). The molecule has 3 amide bonds. The number of carbonyl (C=O) groups is 2. The van der Waals surface area contributed by atoms with Crippen LogP contribution in [0.4, 0.5) is 10.5 Å². The van der Waals surface area contributed by atoms with Crippen molar-refractivity contribution in [3.05, 3.63) is 24.3 Å². The summed E-state index contributed by atoms with van der Waals surface area (Å²) in [4.78, 5) is 25.2. The third-order valence-electron chi connectivity index (χ3n) is 3.16. The predicted molar refractivity (Wildman–Crippen MR) is 76.0 cm³/mol. The minimum Gasteiger partial charge on any atom is -0.497 e. The van der Waals surface area contributed by atoms with Crippen LogP contribution in [0.25, 0.3) is 0 Å². The Morgan fingerprint density at radius 3 is 3.00 bits per heavy atom. The number of amides is 3. The van der Waals surface area contributed by atoms with Crippen LogP contribution in [0.5, 0.6) is 5.75 Å². The van der Waals surface area contributed by atoms with Crippen molar-refractivity contribution < 1.29 is 14.3 Å². The molecule has 1 aromatic carbocycles. The number of urea groups is 1. The Hall–Kier alpha value is -2.24. The van der Waals surface area contributed by atoms with Gasteiger partial charge in [0.15, 0.2) is 0 Å². The third kappa shape index (κ3) is 3.20. The molecule has 108 valence electrons. The smallest absolute Gasteiger partial charge is 0.315 e. The average Bonchev–Trinajstić information content (AvgIpc) is 2.79. The Bertz CT molecular complexity index is 504. The first kappa shape index (κ1) is 14.2. The normalized spacial score (nSPS) is 18.0. The van der Waals surface area contributed by atoms with E-state index in [9.17, 15) is 9.59 Å². The lowest BCUT2D eigenvalue weighted by molar-refractivity contribution is -0.117. The first-order valence-corrected chi connectivity index (χ1v) is 6.62. The Balaban J connectivity index is 2.03. The summed E-state index contributed by atoms with van der Waals surface area (Å²) in [6, 6.07) is 6.93. The molecule has 0 aromatic heterocycles. The van der Waals surface area contributed by atoms with E-state index in [-0.39, 0.29) is 18.0 Å². The summed E-state index contributed by atoms with van der Waals surface area (Å²) in [6.45, 7) is 2.89. The van der Waals surface area contributed by atoms with Crippen molar-refractivity contribution in [2.45, 2.75) is 19.4 Å². The number of nitrogens with zero attached hydrogens (tertiary/aromatic N) is 1. The molecule has 0 saturated carbocycles. The number of ether oxygens (including phenoxy) is 1. The predicted octanol–water partition coefficient (Wildman–Crippen LogP) is 1.12. The molecule has 1 aliphatic rings. The van der Waals surface area contributed by atoms with Crippen LogP contribution in [0.3, 0.4) is 0 Å². The molecular weight excluding hydrogens is 258 g/mol. The second kappa shape index (κ2) is 6.27. The number of benzene rings is 1. The maximum atomic E-state index is 12.0. The second-order valence-electron chi connectivity index (χ2n) is 4.61. The number of carbonyl (C=O) groups excluding carboxylic acids is 2. The van der Waals surface area contributed by atoms with E-state index < -0.39 is 0 Å². The minimum absolute atomic E-state index is 0.0000477. The molecule has 6 heteroatoms. The Kier molecular flexibility index (Phi) is 4.45. The maximum Gasteiger partial charge on any atom is 0.315 e. The monoisotopic (exact) mass is 277 g/mol. The third-order valence-corrected chi connectivity index (χ3v) is 3.16. The number of nitrogens with one attached hydrogen (secondary N) is 2. The zero-order valence-electron chi connectivity index (χ0n) is 11.7. The first-order chi connectivity index (χ1) is 9.63. The van der Waals surface area contributed by atoms with E-state index in [0.717, 1.165) is 5.69 Å². The number of anilines is 1. The van der Waals surface area contributed by atoms with Crippen LogP contribution < -0.4 is 20.3 Å². The quantitative estimate of drug-likeness (QED) is 0.866. The van der Waals surface area contributed by atoms with Gasteiger partial charge in [-0.2, -0.15) is 0 Å². The molecule has 0 aliphatic carbocycles. The highest BCUT2D eigenvalue weighted by Gasteiger charge is 2.31. The number of hydrogen-bond donors (Lipinski definition) is 2. The van der Waals surface area contributed by atoms with Gasteiger partial charge in [0.2, 0.25) is 5.91 Å². The van der Waals surface area contributed by atoms with Gasteiger partial charge in [-0.15, -0.1) is 0 Å². The van der Waals surface area contributed by atoms with Gasteiger partial charge in [-0.1, -0.05) is 6.07 Å². The zero-order valence-corrected chi connectivity index (χ0v) is 11.7. The highest BCUT2D eigenvalue weighted by atomic mass is 16.5. The van der Waals surface area contributed by atoms with E-state index >= 15 is 0 Å². The van der Waals surface area contributed by atoms with Gasteiger partial charge in [-0.25, -0.2) is 4.79 Å². The van der Waals surface area contributed by atoms with Gasteiger partial charge in [0.1, 0.15) is 5.75 Å². The highest BCUT2D eigenvalue weighted by molar-refractivity contribution is 5.97. The molecule has 1 unspecified atom stereocenters. The van der Waals surface area contributed by atoms with Crippen molar-refractivity contribution in [2.24, 2.45) is 0 Å². The zero-order chi connectivity index (χ0) is 14.5. The van der Waals surface area contributed by atoms with E-state index in [4.69, 9.17) is 4.74 Å². The van der Waals surface area contributed by atoms with Gasteiger partial charge >= 0.3 is 6.03 Å². The van der Waals surface area contributed by atoms with Crippen LogP contribution in [0, 0.1) is 0 Å². The van der Waals surface area contributed by atoms with Crippen molar-refractivity contribution in [3.63, 3.8) is 0 Å². The molecular formula is C14H19N3O3. The van der Waals surface area contributed by atoms with Crippen molar-refractivity contribution >= 4 is 17.6 Å². The lowest BCUT2D eigenvalue weighted by Crippen LogP contribution is -2.43. The van der Waals surface area contributed by atoms with Crippen LogP contribution in [-0.2, 0) is 4.79 Å². The van der Waals surface area contributed by atoms with Gasteiger partial charge in [0.05, 0.1) is 13.2 Å². The van der Waals surface area contributed by atoms with E-state index in [1.165, 1.54) is 0 Å². The SMILES string of the molecule is CCNC(=O)NC1CC(=O)N(c2cccc(OC)c2)C1. The molecule has 0 spiro atoms. The highest BCUT2D eigenvalue weighted by Crippen LogP contribution is 2.25. The van der Waals surface area contributed by atoms with Gasteiger partial charge in [-0.05, 0) is 19.1 Å². The van der Waals surface area contributed by atoms with Crippen LogP contribution in [0.15, 0.2) is 24.3 Å². The summed E-state index contributed by atoms with van der Waals surface area (Å²) in [5, 5.41) is 5.45. The van der Waals surface area contributed by atoms with Crippen molar-refractivity contribution in [1.29, 1.82) is 0 Å². The van der Waals surface area contributed by atoms with Crippen molar-refractivity contribution in [3.8, 4) is 5.75 Å². The fourth-order valence-corrected chi connectivity index (χ4v) is 2.23. The fourth-order valence-electron chi connectivity index (χ4n) is 2.23. The first-order valence-electron chi connectivity index (χ1n) is 6.62. The van der Waals surface area contributed by atoms with E-state index in [2.05, 4.69) is 10.6 Å². The Labute approximate surface area is 118 Å². The van der Waals surface area contributed by atoms with E-state index in [1.54, 1.807) is 12.0 Å². The molecule has 1 aromatic rings. The van der Waals surface area contributed by atoms with Crippen LogP contribution >= 0.6 is 0 Å². The lowest BCUT2D eigenvalue weighted by atomic mass is 10.2. The lowest BCUT2D eigenvalue weighted by Gasteiger charge is -2.18. The molecule has 0 bridgehead atoms. The maximum absolute atomic E-state index is 12.0. The van der Waals surface area contributed by atoms with E-state index in [0.29, 0.717) is 25.3 Å². The standard InChI is InChI=1S/C14H19N3O3/c1-3-15-14(19)16-10-7-13(18)17(9-10)11-5-4-6-12(8-11)20-2/h4-6,8,10H,3,7,9H2,1-2H3,(H2,15,16,19). The summed E-state index contributed by atoms with van der Waals surface area (Å²) >= 11 is 0. The Morgan fingerprint density at radius 1 is 1.50 bits per heavy atom. The molecule has 1 aliphatic heterocycles. The van der Waals surface area contributed by atoms with Gasteiger partial charge in [0.25, 0.3) is 0 Å². The fraction of sp³-hybridized carbons (Fsp3) is 0.429. The summed E-state index contributed by atoms with van der Waals surface area (Å²) < 4.78 is 5.16. The summed E-state index contributed by atoms with van der Waals surface area (Å²) in [5.74, 6) is 0.704. The van der Waals surface area contributed by atoms with E-state index in [1.807, 2.05) is 31.2 Å². The van der Waals surface area contributed by atoms with Gasteiger partial charge in [-0.3, -0.25) is 4.79 Å². The summed E-state index contributed by atoms with van der Waals surface area (Å²) in [5.41, 5.74) is 0.787. The van der Waals surface area contributed by atoms with Gasteiger partial charge < -0.3 is 20.3 Å². The molecule has 1 saturated heterocycles. The van der Waals surface area contributed by atoms with Crippen LogP contribution in [0.2, 0.25) is 0 Å². The molecule has 0 radical (unpaired) electrons. The van der Waals surface area contributed by atoms with Crippen LogP contribution in [-0.4, -0.2) is 38.2 Å². The number of hydrogen-bond acceptors (Lipinski definition) is 3. The summed E-state index contributed by atoms with van der Waals surface area (Å²) in [6.07, 6.45) is 0.314. The molecule has 2 N–H and O–H groups in total. The van der Waals surface area contributed by atoms with Crippen LogP contribution in [0.1, 0.15) is 13.3 Å². The molecule has 20 heavy (non-hydrogen) atoms. The average molecular weight is 277 g/mol. The molecule has 1 heterocycles. The molecule has 6 nitrogen and oxygen atoms in total. The minimum atomic E-state index is -0.238. The topological polar surface area (TPSA) is 70.7 Å². The number of rotatable bonds is 4. The molecule has 1 fully saturated rings. The second-order valence-corrected chi connectivity index (χ2v) is 4.61. The largest absolute Gasteiger partial charge is 0.497 e. The van der Waals surface area contributed by atoms with Crippen molar-refractivity contribution in [2.75, 3.05) is 25.1 Å². The molecule has 1 atom stereocenters. The number of methoxy groups -OCH3 is 1. The van der Waals surface area contributed by atoms with Crippen molar-refractivity contribution in [1.82, 2.24) is 10.6 Å². The Morgan fingerprint density at radius 2 is 2.30 bits per heavy atom.